The van der Waals surface area contributed by atoms with E-state index < -0.39 is 11.4 Å². The van der Waals surface area contributed by atoms with Crippen molar-refractivity contribution in [3.8, 4) is 0 Å². The largest absolute Gasteiger partial charge is 0.481 e. The van der Waals surface area contributed by atoms with Gasteiger partial charge in [0.15, 0.2) is 0 Å². The third kappa shape index (κ3) is 5.99. The van der Waals surface area contributed by atoms with E-state index in [1.54, 1.807) is 6.92 Å². The fourth-order valence-electron chi connectivity index (χ4n) is 14.3. The van der Waals surface area contributed by atoms with Gasteiger partial charge in [-0.1, -0.05) is 60.6 Å². The molecule has 0 aromatic heterocycles. The number of hydrogen-bond acceptors (Lipinski definition) is 5. The summed E-state index contributed by atoms with van der Waals surface area (Å²) in [5.74, 6) is 1.42. The van der Waals surface area contributed by atoms with Crippen molar-refractivity contribution in [2.24, 2.45) is 62.1 Å². The number of esters is 1. The molecule has 0 bridgehead atoms. The Balaban J connectivity index is 1.24. The number of fused-ring (bicyclic) bond motifs is 7. The number of hydrogen-bond donors (Lipinski definition) is 1. The first-order valence-electron chi connectivity index (χ1n) is 20.2. The Morgan fingerprint density at radius 2 is 1.41 bits per heavy atom. The zero-order valence-corrected chi connectivity index (χ0v) is 33.4. The third-order valence-electron chi connectivity index (χ3n) is 17.0. The lowest BCUT2D eigenvalue weighted by atomic mass is 9.32. The first-order chi connectivity index (χ1) is 23.6. The number of ether oxygens (including phenoxy) is 1. The summed E-state index contributed by atoms with van der Waals surface area (Å²) < 4.78 is 6.27. The van der Waals surface area contributed by atoms with Gasteiger partial charge in [-0.15, -0.1) is 0 Å². The minimum atomic E-state index is -0.891. The van der Waals surface area contributed by atoms with Crippen LogP contribution in [0.2, 0.25) is 0 Å². The van der Waals surface area contributed by atoms with Gasteiger partial charge in [0.1, 0.15) is 6.10 Å². The van der Waals surface area contributed by atoms with Gasteiger partial charge < -0.3 is 19.6 Å². The van der Waals surface area contributed by atoms with Crippen molar-refractivity contribution < 1.29 is 29.0 Å². The molecule has 2 amide bonds. The zero-order chi connectivity index (χ0) is 37.5. The molecule has 1 heterocycles. The van der Waals surface area contributed by atoms with E-state index in [1.165, 1.54) is 12.0 Å². The lowest BCUT2D eigenvalue weighted by molar-refractivity contribution is -0.250. The molecule has 10 atom stereocenters. The van der Waals surface area contributed by atoms with E-state index in [0.717, 1.165) is 57.8 Å². The van der Waals surface area contributed by atoms with Gasteiger partial charge in [0.2, 0.25) is 11.8 Å². The Morgan fingerprint density at radius 3 is 2.02 bits per heavy atom. The highest BCUT2D eigenvalue weighted by molar-refractivity contribution is 5.84. The fourth-order valence-corrected chi connectivity index (χ4v) is 14.3. The summed E-state index contributed by atoms with van der Waals surface area (Å²) in [5.41, 5.74) is 0.463. The van der Waals surface area contributed by atoms with Gasteiger partial charge >= 0.3 is 11.9 Å². The fraction of sp³-hybridized carbons (Fsp3) is 0.860. The van der Waals surface area contributed by atoms with Crippen LogP contribution in [0.5, 0.6) is 0 Å². The Bertz CT molecular complexity index is 1450. The van der Waals surface area contributed by atoms with Crippen LogP contribution < -0.4 is 0 Å². The second kappa shape index (κ2) is 12.9. The molecule has 0 radical (unpaired) electrons. The van der Waals surface area contributed by atoms with Crippen molar-refractivity contribution in [3.05, 3.63) is 12.2 Å². The minimum absolute atomic E-state index is 0.0573. The standard InChI is InChI=1S/C43H68N2O6/c1-27(2)29-13-18-43(37(50)45-23-21-44(22-24-45)28(3)46)20-19-41(9)30(36(29)43)11-12-32-40(8)16-15-33(39(6,7)31(40)14-17-42(32,41)10)51-35(49)26-38(4,5)25-34(47)48/h29-33,36H,1,11-26H2,2-10H3,(H,47,48)/t29-,30+,31-,32+,33-,36+,40-,41+,42+,43-/m0/s1. The highest BCUT2D eigenvalue weighted by Crippen LogP contribution is 2.77. The number of allylic oxidation sites excluding steroid dienone is 1. The van der Waals surface area contributed by atoms with Crippen LogP contribution in [0.4, 0.5) is 0 Å². The molecule has 1 saturated heterocycles. The van der Waals surface area contributed by atoms with Crippen LogP contribution in [-0.2, 0) is 23.9 Å². The second-order valence-electron chi connectivity index (χ2n) is 20.4. The average molecular weight is 709 g/mol. The maximum absolute atomic E-state index is 14.8. The monoisotopic (exact) mass is 709 g/mol. The molecule has 8 nitrogen and oxygen atoms in total. The van der Waals surface area contributed by atoms with Gasteiger partial charge in [0.05, 0.1) is 18.3 Å². The number of carboxylic acid groups (broad SMARTS) is 1. The molecular weight excluding hydrogens is 640 g/mol. The second-order valence-corrected chi connectivity index (χ2v) is 20.4. The summed E-state index contributed by atoms with van der Waals surface area (Å²) in [6, 6.07) is 0. The molecule has 51 heavy (non-hydrogen) atoms. The summed E-state index contributed by atoms with van der Waals surface area (Å²) in [6.07, 6.45) is 10.4. The molecule has 0 spiro atoms. The van der Waals surface area contributed by atoms with Gasteiger partial charge in [-0.3, -0.25) is 19.2 Å². The van der Waals surface area contributed by atoms with Gasteiger partial charge in [-0.05, 0) is 122 Å². The van der Waals surface area contributed by atoms with Crippen LogP contribution in [0, 0.1) is 62.1 Å². The van der Waals surface area contributed by atoms with E-state index >= 15 is 0 Å². The third-order valence-corrected chi connectivity index (χ3v) is 17.0. The molecule has 5 aliphatic carbocycles. The Labute approximate surface area is 307 Å². The quantitative estimate of drug-likeness (QED) is 0.212. The van der Waals surface area contributed by atoms with Gasteiger partial charge in [-0.25, -0.2) is 0 Å². The lowest BCUT2D eigenvalue weighted by Crippen LogP contribution is -2.68. The highest BCUT2D eigenvalue weighted by Gasteiger charge is 2.72. The molecule has 1 N–H and O–H groups in total. The molecule has 1 aliphatic heterocycles. The van der Waals surface area contributed by atoms with E-state index in [-0.39, 0.29) is 57.9 Å². The van der Waals surface area contributed by atoms with Crippen molar-refractivity contribution >= 4 is 23.8 Å². The number of amides is 2. The number of rotatable bonds is 7. The average Bonchev–Trinajstić information content (AvgIpc) is 3.43. The van der Waals surface area contributed by atoms with Crippen LogP contribution in [0.25, 0.3) is 0 Å². The summed E-state index contributed by atoms with van der Waals surface area (Å²) in [7, 11) is 0. The molecule has 0 aromatic carbocycles. The number of aliphatic carboxylic acids is 1. The summed E-state index contributed by atoms with van der Waals surface area (Å²) in [4.78, 5) is 55.5. The molecule has 5 saturated carbocycles. The van der Waals surface area contributed by atoms with Crippen molar-refractivity contribution in [1.82, 2.24) is 9.80 Å². The SMILES string of the molecule is C=C(C)[C@@H]1CC[C@]2(C(=O)N3CCN(C(C)=O)CC3)CC[C@]3(C)[C@H](CC[C@@H]4[C@@]5(C)CC[C@H](OC(=O)CC(C)(C)CC(=O)O)C(C)(C)[C@@H]5CC[C@]43C)[C@@H]12. The topological polar surface area (TPSA) is 104 Å². The highest BCUT2D eigenvalue weighted by atomic mass is 16.5. The summed E-state index contributed by atoms with van der Waals surface area (Å²) >= 11 is 0. The van der Waals surface area contributed by atoms with Crippen molar-refractivity contribution in [1.29, 1.82) is 0 Å². The Kier molecular flexibility index (Phi) is 9.69. The van der Waals surface area contributed by atoms with Crippen LogP contribution in [0.1, 0.15) is 139 Å². The van der Waals surface area contributed by atoms with Crippen molar-refractivity contribution in [2.75, 3.05) is 26.2 Å². The molecule has 8 heteroatoms. The van der Waals surface area contributed by atoms with Crippen molar-refractivity contribution in [3.63, 3.8) is 0 Å². The minimum Gasteiger partial charge on any atom is -0.481 e. The van der Waals surface area contributed by atoms with Gasteiger partial charge in [-0.2, -0.15) is 0 Å². The summed E-state index contributed by atoms with van der Waals surface area (Å²) in [5, 5.41) is 9.34. The summed E-state index contributed by atoms with van der Waals surface area (Å²) in [6.45, 7) is 27.0. The van der Waals surface area contributed by atoms with Crippen LogP contribution in [0.15, 0.2) is 12.2 Å². The zero-order valence-electron chi connectivity index (χ0n) is 33.4. The van der Waals surface area contributed by atoms with E-state index in [2.05, 4.69) is 53.0 Å². The van der Waals surface area contributed by atoms with E-state index in [1.807, 2.05) is 18.7 Å². The molecule has 0 aromatic rings. The first kappa shape index (κ1) is 38.3. The number of carbonyl (C=O) groups excluding carboxylic acids is 3. The molecule has 6 aliphatic rings. The van der Waals surface area contributed by atoms with Crippen molar-refractivity contribution in [2.45, 2.75) is 145 Å². The Morgan fingerprint density at radius 1 is 0.765 bits per heavy atom. The van der Waals surface area contributed by atoms with Crippen LogP contribution in [-0.4, -0.2) is 70.9 Å². The van der Waals surface area contributed by atoms with Gasteiger partial charge in [0, 0.05) is 38.5 Å². The van der Waals surface area contributed by atoms with E-state index in [0.29, 0.717) is 61.7 Å². The first-order valence-corrected chi connectivity index (χ1v) is 20.2. The van der Waals surface area contributed by atoms with Crippen LogP contribution >= 0.6 is 0 Å². The number of carbonyl (C=O) groups is 4. The predicted molar refractivity (Wildman–Crippen MR) is 198 cm³/mol. The Hall–Kier alpha value is -2.38. The van der Waals surface area contributed by atoms with Crippen LogP contribution in [0.3, 0.4) is 0 Å². The normalized spacial score (nSPS) is 41.7. The van der Waals surface area contributed by atoms with Gasteiger partial charge in [0.25, 0.3) is 0 Å². The molecule has 6 rings (SSSR count). The maximum Gasteiger partial charge on any atom is 0.306 e. The van der Waals surface area contributed by atoms with E-state index in [9.17, 15) is 24.3 Å². The number of piperazine rings is 1. The molecule has 0 unspecified atom stereocenters. The number of carboxylic acids is 1. The molecule has 286 valence electrons. The number of nitrogens with zero attached hydrogens (tertiary/aromatic N) is 2. The molecule has 6 fully saturated rings. The lowest BCUT2D eigenvalue weighted by Gasteiger charge is -2.73. The predicted octanol–water partition coefficient (Wildman–Crippen LogP) is 8.14. The van der Waals surface area contributed by atoms with E-state index in [4.69, 9.17) is 4.74 Å². The molecular formula is C43H68N2O6. The maximum atomic E-state index is 14.8. The smallest absolute Gasteiger partial charge is 0.306 e.